The van der Waals surface area contributed by atoms with Crippen LogP contribution in [0.15, 0.2) is 70.8 Å². The average Bonchev–Trinajstić information content (AvgIpc) is 3.15. The van der Waals surface area contributed by atoms with Crippen LogP contribution in [0.2, 0.25) is 0 Å². The minimum absolute atomic E-state index is 0.137. The van der Waals surface area contributed by atoms with Crippen molar-refractivity contribution in [2.45, 2.75) is 0 Å². The van der Waals surface area contributed by atoms with Gasteiger partial charge in [-0.15, -0.1) is 11.3 Å². The second kappa shape index (κ2) is 6.37. The monoisotopic (exact) mass is 346 g/mol. The lowest BCUT2D eigenvalue weighted by Gasteiger charge is -2.11. The van der Waals surface area contributed by atoms with Gasteiger partial charge in [-0.3, -0.25) is 9.36 Å². The van der Waals surface area contributed by atoms with Crippen LogP contribution in [0.4, 0.5) is 0 Å². The second-order valence-corrected chi connectivity index (χ2v) is 6.47. The molecule has 0 fully saturated rings. The Hall–Kier alpha value is -3.18. The minimum Gasteiger partial charge on any atom is -0.508 e. The molecule has 0 atom stereocenters. The molecule has 0 saturated carbocycles. The standard InChI is InChI=1S/C20H14N2O2S/c23-15-9-7-14(8-10-15)22-19(12-11-16-4-3-13-25-16)21-18-6-2-1-5-17(18)20(22)24/h1-13,23H/b12-11+. The predicted octanol–water partition coefficient (Wildman–Crippen LogP) is 4.32. The van der Waals surface area contributed by atoms with E-state index in [1.165, 1.54) is 0 Å². The summed E-state index contributed by atoms with van der Waals surface area (Å²) in [7, 11) is 0. The molecule has 2 aromatic heterocycles. The predicted molar refractivity (Wildman–Crippen MR) is 102 cm³/mol. The normalized spacial score (nSPS) is 11.4. The van der Waals surface area contributed by atoms with Gasteiger partial charge < -0.3 is 5.11 Å². The largest absolute Gasteiger partial charge is 0.508 e. The molecule has 0 radical (unpaired) electrons. The third-order valence-electron chi connectivity index (χ3n) is 3.85. The highest BCUT2D eigenvalue weighted by atomic mass is 32.1. The van der Waals surface area contributed by atoms with Crippen molar-refractivity contribution < 1.29 is 5.11 Å². The summed E-state index contributed by atoms with van der Waals surface area (Å²) >= 11 is 1.62. The van der Waals surface area contributed by atoms with Crippen LogP contribution in [-0.4, -0.2) is 14.7 Å². The molecule has 2 aromatic carbocycles. The molecular weight excluding hydrogens is 332 g/mol. The summed E-state index contributed by atoms with van der Waals surface area (Å²) < 4.78 is 1.56. The number of rotatable bonds is 3. The van der Waals surface area contributed by atoms with Gasteiger partial charge in [-0.05, 0) is 60.0 Å². The lowest BCUT2D eigenvalue weighted by atomic mass is 10.2. The van der Waals surface area contributed by atoms with E-state index in [4.69, 9.17) is 0 Å². The van der Waals surface area contributed by atoms with Gasteiger partial charge in [0.15, 0.2) is 0 Å². The zero-order chi connectivity index (χ0) is 17.2. The Morgan fingerprint density at radius 2 is 1.76 bits per heavy atom. The maximum Gasteiger partial charge on any atom is 0.266 e. The number of para-hydroxylation sites is 1. The van der Waals surface area contributed by atoms with Gasteiger partial charge >= 0.3 is 0 Å². The molecule has 122 valence electrons. The first-order valence-electron chi connectivity index (χ1n) is 7.75. The van der Waals surface area contributed by atoms with Gasteiger partial charge in [-0.2, -0.15) is 0 Å². The molecule has 0 spiro atoms. The van der Waals surface area contributed by atoms with E-state index in [1.54, 1.807) is 46.2 Å². The lowest BCUT2D eigenvalue weighted by molar-refractivity contribution is 0.475. The van der Waals surface area contributed by atoms with Crippen LogP contribution in [0.3, 0.4) is 0 Å². The average molecular weight is 346 g/mol. The Kier molecular flexibility index (Phi) is 3.91. The summed E-state index contributed by atoms with van der Waals surface area (Å²) in [4.78, 5) is 18.8. The number of aromatic hydroxyl groups is 1. The van der Waals surface area contributed by atoms with Crippen LogP contribution < -0.4 is 5.56 Å². The first-order chi connectivity index (χ1) is 12.2. The molecule has 0 amide bonds. The molecule has 0 aliphatic rings. The lowest BCUT2D eigenvalue weighted by Crippen LogP contribution is -2.22. The fourth-order valence-electron chi connectivity index (χ4n) is 2.66. The fourth-order valence-corrected chi connectivity index (χ4v) is 3.27. The van der Waals surface area contributed by atoms with Crippen molar-refractivity contribution >= 4 is 34.4 Å². The molecule has 2 heterocycles. The molecule has 4 aromatic rings. The van der Waals surface area contributed by atoms with E-state index in [0.717, 1.165) is 4.88 Å². The molecule has 4 rings (SSSR count). The highest BCUT2D eigenvalue weighted by Gasteiger charge is 2.11. The van der Waals surface area contributed by atoms with Gasteiger partial charge in [0.05, 0.1) is 16.6 Å². The topological polar surface area (TPSA) is 55.1 Å². The first-order valence-corrected chi connectivity index (χ1v) is 8.63. The van der Waals surface area contributed by atoms with E-state index in [1.807, 2.05) is 47.9 Å². The molecule has 1 N–H and O–H groups in total. The molecule has 5 heteroatoms. The Labute approximate surface area is 148 Å². The van der Waals surface area contributed by atoms with Crippen molar-refractivity contribution in [2.75, 3.05) is 0 Å². The quantitative estimate of drug-likeness (QED) is 0.601. The number of phenolic OH excluding ortho intramolecular Hbond substituents is 1. The maximum atomic E-state index is 13.0. The van der Waals surface area contributed by atoms with Crippen LogP contribution in [0.25, 0.3) is 28.7 Å². The summed E-state index contributed by atoms with van der Waals surface area (Å²) in [6.45, 7) is 0. The zero-order valence-corrected chi connectivity index (χ0v) is 14.0. The van der Waals surface area contributed by atoms with Crippen LogP contribution in [0, 0.1) is 0 Å². The molecule has 4 nitrogen and oxygen atoms in total. The summed E-state index contributed by atoms with van der Waals surface area (Å²) in [5.74, 6) is 0.698. The van der Waals surface area contributed by atoms with E-state index in [0.29, 0.717) is 22.4 Å². The van der Waals surface area contributed by atoms with Gasteiger partial charge in [-0.25, -0.2) is 4.98 Å². The summed E-state index contributed by atoms with van der Waals surface area (Å²) in [5.41, 5.74) is 1.18. The smallest absolute Gasteiger partial charge is 0.266 e. The first kappa shape index (κ1) is 15.4. The van der Waals surface area contributed by atoms with E-state index >= 15 is 0 Å². The van der Waals surface area contributed by atoms with Gasteiger partial charge in [0.2, 0.25) is 0 Å². The Morgan fingerprint density at radius 1 is 0.960 bits per heavy atom. The Balaban J connectivity index is 1.97. The van der Waals surface area contributed by atoms with Crippen LogP contribution >= 0.6 is 11.3 Å². The number of thiophene rings is 1. The molecular formula is C20H14N2O2S. The van der Waals surface area contributed by atoms with Crippen molar-refractivity contribution in [1.82, 2.24) is 9.55 Å². The van der Waals surface area contributed by atoms with E-state index in [-0.39, 0.29) is 11.3 Å². The van der Waals surface area contributed by atoms with Crippen molar-refractivity contribution in [2.24, 2.45) is 0 Å². The van der Waals surface area contributed by atoms with Crippen LogP contribution in [-0.2, 0) is 0 Å². The number of hydrogen-bond donors (Lipinski definition) is 1. The number of phenols is 1. The van der Waals surface area contributed by atoms with Crippen LogP contribution in [0.1, 0.15) is 10.7 Å². The minimum atomic E-state index is -0.137. The highest BCUT2D eigenvalue weighted by molar-refractivity contribution is 7.10. The molecule has 0 bridgehead atoms. The van der Waals surface area contributed by atoms with Crippen molar-refractivity contribution in [3.05, 3.63) is 87.1 Å². The van der Waals surface area contributed by atoms with Crippen LogP contribution in [0.5, 0.6) is 5.75 Å². The summed E-state index contributed by atoms with van der Waals surface area (Å²) in [6.07, 6.45) is 3.78. The summed E-state index contributed by atoms with van der Waals surface area (Å²) in [6, 6.07) is 17.8. The second-order valence-electron chi connectivity index (χ2n) is 5.49. The highest BCUT2D eigenvalue weighted by Crippen LogP contribution is 2.18. The van der Waals surface area contributed by atoms with Gasteiger partial charge in [0.25, 0.3) is 5.56 Å². The number of benzene rings is 2. The Bertz CT molecular complexity index is 1110. The summed E-state index contributed by atoms with van der Waals surface area (Å²) in [5, 5.41) is 12.1. The van der Waals surface area contributed by atoms with Crippen molar-refractivity contribution in [3.8, 4) is 11.4 Å². The molecule has 25 heavy (non-hydrogen) atoms. The van der Waals surface area contributed by atoms with E-state index in [9.17, 15) is 9.90 Å². The molecule has 0 aliphatic heterocycles. The zero-order valence-electron chi connectivity index (χ0n) is 13.2. The number of fused-ring (bicyclic) bond motifs is 1. The molecule has 0 aliphatic carbocycles. The fraction of sp³-hybridized carbons (Fsp3) is 0. The van der Waals surface area contributed by atoms with E-state index in [2.05, 4.69) is 4.98 Å². The van der Waals surface area contributed by atoms with Gasteiger partial charge in [-0.1, -0.05) is 18.2 Å². The van der Waals surface area contributed by atoms with Gasteiger partial charge in [0, 0.05) is 4.88 Å². The number of aromatic nitrogens is 2. The third-order valence-corrected chi connectivity index (χ3v) is 4.69. The number of hydrogen-bond acceptors (Lipinski definition) is 4. The van der Waals surface area contributed by atoms with E-state index < -0.39 is 0 Å². The third kappa shape index (κ3) is 2.97. The molecule has 0 saturated heterocycles. The molecule has 0 unspecified atom stereocenters. The van der Waals surface area contributed by atoms with Crippen molar-refractivity contribution in [3.63, 3.8) is 0 Å². The van der Waals surface area contributed by atoms with Gasteiger partial charge in [0.1, 0.15) is 11.6 Å². The van der Waals surface area contributed by atoms with Crippen molar-refractivity contribution in [1.29, 1.82) is 0 Å². The number of nitrogens with zero attached hydrogens (tertiary/aromatic N) is 2. The Morgan fingerprint density at radius 3 is 2.52 bits per heavy atom. The SMILES string of the molecule is O=c1c2ccccc2nc(/C=C/c2cccs2)n1-c1ccc(O)cc1. The maximum absolute atomic E-state index is 13.0.